The minimum absolute atomic E-state index is 0.199. The molecule has 0 aromatic carbocycles. The summed E-state index contributed by atoms with van der Waals surface area (Å²) in [5, 5.41) is 19.1. The first kappa shape index (κ1) is 11.5. The fourth-order valence-electron chi connectivity index (χ4n) is 1.95. The summed E-state index contributed by atoms with van der Waals surface area (Å²) in [5.41, 5.74) is 5.40. The molecule has 2 heterocycles. The first-order valence-corrected chi connectivity index (χ1v) is 5.25. The quantitative estimate of drug-likeness (QED) is 0.580. The summed E-state index contributed by atoms with van der Waals surface area (Å²) in [6.07, 6.45) is 1.12. The molecule has 0 aliphatic carbocycles. The number of H-pyrrole nitrogens is 1. The van der Waals surface area contributed by atoms with Gasteiger partial charge in [0, 0.05) is 6.54 Å². The Morgan fingerprint density at radius 1 is 1.65 bits per heavy atom. The van der Waals surface area contributed by atoms with E-state index in [9.17, 15) is 14.7 Å². The van der Waals surface area contributed by atoms with Crippen molar-refractivity contribution in [1.29, 1.82) is 0 Å². The zero-order chi connectivity index (χ0) is 12.4. The van der Waals surface area contributed by atoms with Crippen LogP contribution in [0.25, 0.3) is 0 Å². The molecule has 2 rings (SSSR count). The Balaban J connectivity index is 2.12. The van der Waals surface area contributed by atoms with Crippen molar-refractivity contribution in [3.63, 3.8) is 0 Å². The maximum atomic E-state index is 12.0. The van der Waals surface area contributed by atoms with Crippen LogP contribution >= 0.6 is 0 Å². The molecular formula is C9H13N5O3. The molecule has 1 aliphatic rings. The Morgan fingerprint density at radius 2 is 2.41 bits per heavy atom. The second-order valence-corrected chi connectivity index (χ2v) is 3.91. The summed E-state index contributed by atoms with van der Waals surface area (Å²) < 4.78 is 0. The summed E-state index contributed by atoms with van der Waals surface area (Å²) in [6.45, 7) is 0.422. The van der Waals surface area contributed by atoms with Gasteiger partial charge in [0.1, 0.15) is 6.04 Å². The van der Waals surface area contributed by atoms with Gasteiger partial charge in [0.25, 0.3) is 5.91 Å². The van der Waals surface area contributed by atoms with Crippen LogP contribution < -0.4 is 5.73 Å². The standard InChI is InChI=1S/C9H13N5O3/c10-8(16)6-2-1-3-14(6)9(17)7(15)5-4-11-13-12-5/h4,6-7,15H,1-3H2,(H2,10,16)(H,11,12,13). The van der Waals surface area contributed by atoms with Gasteiger partial charge in [-0.25, -0.2) is 0 Å². The van der Waals surface area contributed by atoms with Crippen molar-refractivity contribution < 1.29 is 14.7 Å². The van der Waals surface area contributed by atoms with E-state index in [2.05, 4.69) is 15.4 Å². The van der Waals surface area contributed by atoms with Crippen LogP contribution in [-0.4, -0.2) is 49.8 Å². The van der Waals surface area contributed by atoms with Crippen molar-refractivity contribution in [3.8, 4) is 0 Å². The number of nitrogens with one attached hydrogen (secondary N) is 1. The summed E-state index contributed by atoms with van der Waals surface area (Å²) >= 11 is 0. The maximum absolute atomic E-state index is 12.0. The molecule has 8 heteroatoms. The number of nitrogens with zero attached hydrogens (tertiary/aromatic N) is 3. The predicted octanol–water partition coefficient (Wildman–Crippen LogP) is -1.69. The number of carbonyl (C=O) groups excluding carboxylic acids is 2. The molecule has 92 valence electrons. The van der Waals surface area contributed by atoms with E-state index in [-0.39, 0.29) is 5.69 Å². The highest BCUT2D eigenvalue weighted by atomic mass is 16.3. The van der Waals surface area contributed by atoms with Crippen molar-refractivity contribution in [2.24, 2.45) is 5.73 Å². The molecule has 1 aliphatic heterocycles. The smallest absolute Gasteiger partial charge is 0.258 e. The van der Waals surface area contributed by atoms with Crippen LogP contribution in [0.15, 0.2) is 6.20 Å². The Labute approximate surface area is 96.8 Å². The highest BCUT2D eigenvalue weighted by Gasteiger charge is 2.36. The van der Waals surface area contributed by atoms with E-state index >= 15 is 0 Å². The van der Waals surface area contributed by atoms with Gasteiger partial charge in [0.05, 0.1) is 11.9 Å². The van der Waals surface area contributed by atoms with Crippen LogP contribution in [-0.2, 0) is 9.59 Å². The van der Waals surface area contributed by atoms with Gasteiger partial charge in [0.15, 0.2) is 6.10 Å². The number of aliphatic hydroxyl groups excluding tert-OH is 1. The molecule has 1 saturated heterocycles. The Kier molecular flexibility index (Phi) is 3.05. The number of hydrogen-bond donors (Lipinski definition) is 3. The molecule has 17 heavy (non-hydrogen) atoms. The van der Waals surface area contributed by atoms with Gasteiger partial charge < -0.3 is 15.7 Å². The number of carbonyl (C=O) groups is 2. The van der Waals surface area contributed by atoms with E-state index in [4.69, 9.17) is 5.73 Å². The zero-order valence-electron chi connectivity index (χ0n) is 9.04. The van der Waals surface area contributed by atoms with Gasteiger partial charge in [-0.15, -0.1) is 5.10 Å². The van der Waals surface area contributed by atoms with Crippen molar-refractivity contribution in [1.82, 2.24) is 20.3 Å². The van der Waals surface area contributed by atoms with Gasteiger partial charge in [0.2, 0.25) is 5.91 Å². The van der Waals surface area contributed by atoms with Gasteiger partial charge in [-0.3, -0.25) is 14.7 Å². The van der Waals surface area contributed by atoms with Crippen molar-refractivity contribution in [3.05, 3.63) is 11.9 Å². The largest absolute Gasteiger partial charge is 0.377 e. The van der Waals surface area contributed by atoms with Crippen LogP contribution in [0.2, 0.25) is 0 Å². The minimum Gasteiger partial charge on any atom is -0.377 e. The second kappa shape index (κ2) is 4.50. The van der Waals surface area contributed by atoms with Gasteiger partial charge in [-0.05, 0) is 12.8 Å². The fraction of sp³-hybridized carbons (Fsp3) is 0.556. The summed E-state index contributed by atoms with van der Waals surface area (Å²) in [4.78, 5) is 24.4. The number of likely N-dealkylation sites (tertiary alicyclic amines) is 1. The molecule has 0 spiro atoms. The third-order valence-corrected chi connectivity index (χ3v) is 2.83. The van der Waals surface area contributed by atoms with Crippen molar-refractivity contribution >= 4 is 11.8 Å². The van der Waals surface area contributed by atoms with E-state index in [0.717, 1.165) is 0 Å². The Hall–Kier alpha value is -1.96. The average molecular weight is 239 g/mol. The highest BCUT2D eigenvalue weighted by molar-refractivity contribution is 5.89. The van der Waals surface area contributed by atoms with Crippen LogP contribution in [0.1, 0.15) is 24.6 Å². The van der Waals surface area contributed by atoms with Crippen LogP contribution in [0.5, 0.6) is 0 Å². The van der Waals surface area contributed by atoms with Gasteiger partial charge in [-0.2, -0.15) is 0 Å². The molecule has 2 atom stereocenters. The topological polar surface area (TPSA) is 125 Å². The third kappa shape index (κ3) is 2.11. The lowest BCUT2D eigenvalue weighted by Gasteiger charge is -2.24. The molecule has 2 amide bonds. The highest BCUT2D eigenvalue weighted by Crippen LogP contribution is 2.21. The monoisotopic (exact) mass is 239 g/mol. The van der Waals surface area contributed by atoms with E-state index in [1.54, 1.807) is 0 Å². The predicted molar refractivity (Wildman–Crippen MR) is 55.3 cm³/mol. The Bertz CT molecular complexity index is 418. The van der Waals surface area contributed by atoms with Gasteiger partial charge >= 0.3 is 0 Å². The maximum Gasteiger partial charge on any atom is 0.258 e. The molecule has 4 N–H and O–H groups in total. The summed E-state index contributed by atoms with van der Waals surface area (Å²) in [7, 11) is 0. The van der Waals surface area contributed by atoms with Crippen molar-refractivity contribution in [2.45, 2.75) is 25.0 Å². The first-order valence-electron chi connectivity index (χ1n) is 5.25. The van der Waals surface area contributed by atoms with Crippen molar-refractivity contribution in [2.75, 3.05) is 6.54 Å². The minimum atomic E-state index is -1.38. The lowest BCUT2D eigenvalue weighted by molar-refractivity contribution is -0.145. The molecular weight excluding hydrogens is 226 g/mol. The fourth-order valence-corrected chi connectivity index (χ4v) is 1.95. The van der Waals surface area contributed by atoms with Crippen LogP contribution in [0, 0.1) is 0 Å². The SMILES string of the molecule is NC(=O)C1CCCN1C(=O)C(O)c1cnn[nH]1. The summed E-state index contributed by atoms with van der Waals surface area (Å²) in [5.74, 6) is -1.11. The third-order valence-electron chi connectivity index (χ3n) is 2.83. The molecule has 0 radical (unpaired) electrons. The molecule has 8 nitrogen and oxygen atoms in total. The zero-order valence-corrected chi connectivity index (χ0v) is 9.04. The molecule has 1 fully saturated rings. The molecule has 1 aromatic heterocycles. The number of aromatic amines is 1. The number of nitrogens with two attached hydrogens (primary N) is 1. The lowest BCUT2D eigenvalue weighted by atomic mass is 10.2. The number of hydrogen-bond acceptors (Lipinski definition) is 5. The van der Waals surface area contributed by atoms with E-state index in [1.165, 1.54) is 11.1 Å². The number of amides is 2. The first-order chi connectivity index (χ1) is 8.11. The van der Waals surface area contributed by atoms with Crippen LogP contribution in [0.3, 0.4) is 0 Å². The average Bonchev–Trinajstić information content (AvgIpc) is 2.97. The van der Waals surface area contributed by atoms with E-state index in [1.807, 2.05) is 0 Å². The molecule has 0 bridgehead atoms. The van der Waals surface area contributed by atoms with Crippen LogP contribution in [0.4, 0.5) is 0 Å². The summed E-state index contributed by atoms with van der Waals surface area (Å²) in [6, 6.07) is -0.631. The molecule has 1 aromatic rings. The number of aliphatic hydroxyl groups is 1. The van der Waals surface area contributed by atoms with E-state index < -0.39 is 24.0 Å². The Morgan fingerprint density at radius 3 is 3.00 bits per heavy atom. The number of rotatable bonds is 3. The lowest BCUT2D eigenvalue weighted by Crippen LogP contribution is -2.45. The molecule has 0 saturated carbocycles. The number of primary amides is 1. The van der Waals surface area contributed by atoms with E-state index in [0.29, 0.717) is 19.4 Å². The molecule has 2 unspecified atom stereocenters. The number of aromatic nitrogens is 3. The van der Waals surface area contributed by atoms with Gasteiger partial charge in [-0.1, -0.05) is 5.21 Å². The second-order valence-electron chi connectivity index (χ2n) is 3.91. The normalized spacial score (nSPS) is 21.5.